The Bertz CT molecular complexity index is 1130. The van der Waals surface area contributed by atoms with Crippen molar-refractivity contribution in [2.24, 2.45) is 0 Å². The maximum atomic E-state index is 13.1. The number of anilines is 2. The molecule has 2 heterocycles. The van der Waals surface area contributed by atoms with Gasteiger partial charge in [0.25, 0.3) is 5.91 Å². The Morgan fingerprint density at radius 3 is 2.77 bits per heavy atom. The van der Waals surface area contributed by atoms with Gasteiger partial charge in [-0.1, -0.05) is 23.7 Å². The van der Waals surface area contributed by atoms with Crippen molar-refractivity contribution in [2.45, 2.75) is 6.42 Å². The van der Waals surface area contributed by atoms with E-state index in [0.717, 1.165) is 16.0 Å². The van der Waals surface area contributed by atoms with E-state index in [4.69, 9.17) is 27.9 Å². The number of hydrogen-bond acceptors (Lipinski definition) is 4. The highest BCUT2D eigenvalue weighted by Gasteiger charge is 2.24. The van der Waals surface area contributed by atoms with Gasteiger partial charge in [0.05, 0.1) is 22.2 Å². The van der Waals surface area contributed by atoms with Crippen molar-refractivity contribution in [1.29, 1.82) is 0 Å². The summed E-state index contributed by atoms with van der Waals surface area (Å²) in [5, 5.41) is 3.25. The van der Waals surface area contributed by atoms with Crippen LogP contribution < -0.4 is 15.0 Å². The van der Waals surface area contributed by atoms with E-state index in [1.165, 1.54) is 11.3 Å². The molecular formula is C22H18Cl2N2O3S. The highest BCUT2D eigenvalue weighted by atomic mass is 35.5. The second-order valence-corrected chi connectivity index (χ2v) is 8.50. The molecule has 154 valence electrons. The second kappa shape index (κ2) is 8.68. The van der Waals surface area contributed by atoms with Crippen LogP contribution in [-0.2, 0) is 11.2 Å². The number of carbonyl (C=O) groups excluding carboxylic acids is 2. The first-order valence-electron chi connectivity index (χ1n) is 9.26. The fraction of sp³-hybridized carbons (Fsp3) is 0.182. The average molecular weight is 461 g/mol. The summed E-state index contributed by atoms with van der Waals surface area (Å²) >= 11 is 13.3. The number of rotatable bonds is 4. The summed E-state index contributed by atoms with van der Waals surface area (Å²) in [7, 11) is 1.72. The zero-order valence-corrected chi connectivity index (χ0v) is 18.4. The summed E-state index contributed by atoms with van der Waals surface area (Å²) < 4.78 is 5.89. The lowest BCUT2D eigenvalue weighted by atomic mass is 10.1. The van der Waals surface area contributed by atoms with Gasteiger partial charge in [-0.2, -0.15) is 0 Å². The molecule has 0 atom stereocenters. The highest BCUT2D eigenvalue weighted by molar-refractivity contribution is 7.17. The Morgan fingerprint density at radius 2 is 2.00 bits per heavy atom. The van der Waals surface area contributed by atoms with Gasteiger partial charge in [0.2, 0.25) is 5.91 Å². The number of thiophene rings is 1. The van der Waals surface area contributed by atoms with E-state index < -0.39 is 0 Å². The van der Waals surface area contributed by atoms with Gasteiger partial charge in [-0.25, -0.2) is 0 Å². The summed E-state index contributed by atoms with van der Waals surface area (Å²) in [4.78, 5) is 27.9. The number of hydrogen-bond donors (Lipinski definition) is 1. The quantitative estimate of drug-likeness (QED) is 0.526. The number of carbonyl (C=O) groups is 2. The Labute approximate surface area is 188 Å². The number of nitrogens with zero attached hydrogens (tertiary/aromatic N) is 1. The smallest absolute Gasteiger partial charge is 0.268 e. The summed E-state index contributed by atoms with van der Waals surface area (Å²) in [5.41, 5.74) is 3.24. The SMILES string of the molecule is CN(C(=O)c1cc2c(s1)-c1ccc(NC(=O)CCl)cc1OCC2)c1ccccc1Cl. The fourth-order valence-corrected chi connectivity index (χ4v) is 4.86. The van der Waals surface area contributed by atoms with Crippen LogP contribution in [0.15, 0.2) is 48.5 Å². The molecule has 0 saturated heterocycles. The molecule has 3 aromatic rings. The van der Waals surface area contributed by atoms with Crippen LogP contribution in [0.5, 0.6) is 5.75 Å². The molecule has 0 aliphatic carbocycles. The van der Waals surface area contributed by atoms with Gasteiger partial charge >= 0.3 is 0 Å². The minimum absolute atomic E-state index is 0.114. The second-order valence-electron chi connectivity index (χ2n) is 6.77. The molecule has 30 heavy (non-hydrogen) atoms. The first kappa shape index (κ1) is 20.7. The average Bonchev–Trinajstić information content (AvgIpc) is 3.09. The Kier molecular flexibility index (Phi) is 5.99. The molecule has 0 saturated carbocycles. The predicted octanol–water partition coefficient (Wildman–Crippen LogP) is 5.46. The third-order valence-corrected chi connectivity index (χ3v) is 6.56. The van der Waals surface area contributed by atoms with E-state index in [0.29, 0.717) is 40.1 Å². The van der Waals surface area contributed by atoms with Crippen LogP contribution in [0.25, 0.3) is 10.4 Å². The normalized spacial score (nSPS) is 12.2. The summed E-state index contributed by atoms with van der Waals surface area (Å²) in [5.74, 6) is 0.158. The van der Waals surface area contributed by atoms with Crippen LogP contribution in [0.4, 0.5) is 11.4 Å². The van der Waals surface area contributed by atoms with Gasteiger partial charge in [0.15, 0.2) is 0 Å². The number of benzene rings is 2. The van der Waals surface area contributed by atoms with E-state index in [-0.39, 0.29) is 17.7 Å². The largest absolute Gasteiger partial charge is 0.492 e. The number of alkyl halides is 1. The fourth-order valence-electron chi connectivity index (χ4n) is 3.32. The van der Waals surface area contributed by atoms with Crippen LogP contribution in [0.2, 0.25) is 5.02 Å². The van der Waals surface area contributed by atoms with E-state index in [9.17, 15) is 9.59 Å². The van der Waals surface area contributed by atoms with Gasteiger partial charge in [-0.05, 0) is 35.9 Å². The van der Waals surface area contributed by atoms with E-state index >= 15 is 0 Å². The molecule has 0 spiro atoms. The van der Waals surface area contributed by atoms with Gasteiger partial charge in [-0.15, -0.1) is 22.9 Å². The van der Waals surface area contributed by atoms with Crippen molar-refractivity contribution in [3.8, 4) is 16.2 Å². The van der Waals surface area contributed by atoms with Crippen molar-refractivity contribution in [2.75, 3.05) is 29.8 Å². The number of ether oxygens (including phenoxy) is 1. The lowest BCUT2D eigenvalue weighted by Crippen LogP contribution is -2.25. The molecule has 5 nitrogen and oxygen atoms in total. The summed E-state index contributed by atoms with van der Waals surface area (Å²) in [6.07, 6.45) is 0.687. The zero-order chi connectivity index (χ0) is 21.3. The van der Waals surface area contributed by atoms with Gasteiger partial charge < -0.3 is 15.0 Å². The molecule has 8 heteroatoms. The molecule has 2 aromatic carbocycles. The standard InChI is InChI=1S/C22H18Cl2N2O3S/c1-26(17-5-3-2-4-16(17)24)22(28)19-10-13-8-9-29-18-11-14(25-20(27)12-23)6-7-15(18)21(13)30-19/h2-7,10-11H,8-9,12H2,1H3,(H,25,27). The highest BCUT2D eigenvalue weighted by Crippen LogP contribution is 2.42. The van der Waals surface area contributed by atoms with E-state index in [1.807, 2.05) is 30.3 Å². The lowest BCUT2D eigenvalue weighted by Gasteiger charge is -2.17. The van der Waals surface area contributed by atoms with Crippen molar-refractivity contribution in [3.05, 3.63) is 64.0 Å². The summed E-state index contributed by atoms with van der Waals surface area (Å²) in [6, 6.07) is 14.7. The third-order valence-electron chi connectivity index (χ3n) is 4.80. The molecule has 0 bridgehead atoms. The van der Waals surface area contributed by atoms with Crippen molar-refractivity contribution < 1.29 is 14.3 Å². The van der Waals surface area contributed by atoms with Crippen LogP contribution in [0.3, 0.4) is 0 Å². The number of fused-ring (bicyclic) bond motifs is 3. The number of amides is 2. The maximum absolute atomic E-state index is 13.1. The van der Waals surface area contributed by atoms with Crippen molar-refractivity contribution in [3.63, 3.8) is 0 Å². The minimum Gasteiger partial charge on any atom is -0.492 e. The third kappa shape index (κ3) is 4.03. The molecular weight excluding hydrogens is 443 g/mol. The Hall–Kier alpha value is -2.54. The predicted molar refractivity (Wildman–Crippen MR) is 122 cm³/mol. The van der Waals surface area contributed by atoms with Crippen LogP contribution in [0.1, 0.15) is 15.2 Å². The van der Waals surface area contributed by atoms with Gasteiger partial charge in [0.1, 0.15) is 11.6 Å². The summed E-state index contributed by atoms with van der Waals surface area (Å²) in [6.45, 7) is 0.484. The van der Waals surface area contributed by atoms with Crippen molar-refractivity contribution >= 4 is 57.7 Å². The molecule has 0 radical (unpaired) electrons. The monoisotopic (exact) mass is 460 g/mol. The first-order chi connectivity index (χ1) is 14.5. The molecule has 2 amide bonds. The van der Waals surface area contributed by atoms with E-state index in [2.05, 4.69) is 5.32 Å². The topological polar surface area (TPSA) is 58.6 Å². The molecule has 1 aliphatic rings. The zero-order valence-electron chi connectivity index (χ0n) is 16.1. The molecule has 4 rings (SSSR count). The van der Waals surface area contributed by atoms with Gasteiger partial charge in [0, 0.05) is 35.7 Å². The Balaban J connectivity index is 1.66. The van der Waals surface area contributed by atoms with Crippen LogP contribution in [0, 0.1) is 0 Å². The molecule has 1 N–H and O–H groups in total. The van der Waals surface area contributed by atoms with E-state index in [1.54, 1.807) is 30.1 Å². The lowest BCUT2D eigenvalue weighted by molar-refractivity contribution is -0.113. The van der Waals surface area contributed by atoms with Crippen molar-refractivity contribution in [1.82, 2.24) is 0 Å². The molecule has 1 aliphatic heterocycles. The number of nitrogens with one attached hydrogen (secondary N) is 1. The van der Waals surface area contributed by atoms with Crippen LogP contribution >= 0.6 is 34.5 Å². The number of halogens is 2. The maximum Gasteiger partial charge on any atom is 0.268 e. The minimum atomic E-state index is -0.280. The van der Waals surface area contributed by atoms with Crippen LogP contribution in [-0.4, -0.2) is 31.3 Å². The number of para-hydroxylation sites is 1. The van der Waals surface area contributed by atoms with Gasteiger partial charge in [-0.3, -0.25) is 9.59 Å². The molecule has 0 fully saturated rings. The Morgan fingerprint density at radius 1 is 1.20 bits per heavy atom. The molecule has 1 aromatic heterocycles. The first-order valence-corrected chi connectivity index (χ1v) is 11.0. The molecule has 0 unspecified atom stereocenters.